The Balaban J connectivity index is 2.00. The van der Waals surface area contributed by atoms with Crippen LogP contribution in [-0.4, -0.2) is 36.5 Å². The van der Waals surface area contributed by atoms with E-state index in [4.69, 9.17) is 11.6 Å². The van der Waals surface area contributed by atoms with E-state index in [9.17, 15) is 10.1 Å². The maximum atomic E-state index is 10.7. The molecule has 1 saturated heterocycles. The fourth-order valence-electron chi connectivity index (χ4n) is 2.77. The summed E-state index contributed by atoms with van der Waals surface area (Å²) < 4.78 is 0. The molecule has 1 heterocycles. The number of rotatable bonds is 5. The van der Waals surface area contributed by atoms with Gasteiger partial charge in [0.1, 0.15) is 0 Å². The number of benzene rings is 1. The number of non-ortho nitro benzene ring substituents is 1. The molecule has 0 bridgehead atoms. The van der Waals surface area contributed by atoms with Crippen molar-refractivity contribution in [3.05, 3.63) is 38.9 Å². The lowest BCUT2D eigenvalue weighted by Crippen LogP contribution is -2.38. The first-order valence-electron chi connectivity index (χ1n) is 6.90. The second kappa shape index (κ2) is 7.02. The normalized spacial score (nSPS) is 20.0. The van der Waals surface area contributed by atoms with Crippen LogP contribution in [-0.2, 0) is 6.54 Å². The zero-order valence-electron chi connectivity index (χ0n) is 11.6. The lowest BCUT2D eigenvalue weighted by Gasteiger charge is -2.32. The van der Waals surface area contributed by atoms with Crippen LogP contribution in [0.5, 0.6) is 0 Å². The minimum atomic E-state index is -0.417. The van der Waals surface area contributed by atoms with Crippen molar-refractivity contribution in [2.45, 2.75) is 19.4 Å². The van der Waals surface area contributed by atoms with E-state index in [-0.39, 0.29) is 5.69 Å². The molecule has 0 radical (unpaired) electrons. The van der Waals surface area contributed by atoms with Crippen molar-refractivity contribution in [1.29, 1.82) is 0 Å². The summed E-state index contributed by atoms with van der Waals surface area (Å²) in [6, 6.07) is 4.73. The molecule has 0 spiro atoms. The highest BCUT2D eigenvalue weighted by molar-refractivity contribution is 6.31. The van der Waals surface area contributed by atoms with Crippen molar-refractivity contribution < 1.29 is 4.92 Å². The fourth-order valence-corrected chi connectivity index (χ4v) is 3.00. The Labute approximate surface area is 124 Å². The average molecular weight is 298 g/mol. The van der Waals surface area contributed by atoms with Gasteiger partial charge < -0.3 is 5.32 Å². The molecule has 0 saturated carbocycles. The molecule has 0 aliphatic carbocycles. The first-order chi connectivity index (χ1) is 9.60. The monoisotopic (exact) mass is 297 g/mol. The van der Waals surface area contributed by atoms with Gasteiger partial charge in [0, 0.05) is 25.2 Å². The summed E-state index contributed by atoms with van der Waals surface area (Å²) in [5, 5.41) is 14.4. The van der Waals surface area contributed by atoms with Gasteiger partial charge in [0.05, 0.1) is 9.95 Å². The van der Waals surface area contributed by atoms with Crippen LogP contribution in [0.4, 0.5) is 5.69 Å². The topological polar surface area (TPSA) is 58.4 Å². The highest BCUT2D eigenvalue weighted by atomic mass is 35.5. The van der Waals surface area contributed by atoms with Crippen molar-refractivity contribution >= 4 is 17.3 Å². The Bertz CT molecular complexity index is 479. The molecule has 1 unspecified atom stereocenters. The van der Waals surface area contributed by atoms with Gasteiger partial charge in [-0.3, -0.25) is 15.0 Å². The minimum absolute atomic E-state index is 0.0467. The predicted molar refractivity (Wildman–Crippen MR) is 80.0 cm³/mol. The van der Waals surface area contributed by atoms with Crippen LogP contribution in [0, 0.1) is 16.0 Å². The standard InChI is InChI=1S/C14H20ClN3O2/c1-16-8-11-3-2-6-17(9-11)10-12-4-5-13(18(19)20)7-14(12)15/h4-5,7,11,16H,2-3,6,8-10H2,1H3. The number of likely N-dealkylation sites (tertiary alicyclic amines) is 1. The summed E-state index contributed by atoms with van der Waals surface area (Å²) in [7, 11) is 1.98. The van der Waals surface area contributed by atoms with E-state index in [1.54, 1.807) is 6.07 Å². The van der Waals surface area contributed by atoms with E-state index in [1.165, 1.54) is 25.0 Å². The lowest BCUT2D eigenvalue weighted by molar-refractivity contribution is -0.384. The van der Waals surface area contributed by atoms with Gasteiger partial charge in [-0.15, -0.1) is 0 Å². The van der Waals surface area contributed by atoms with Gasteiger partial charge in [-0.25, -0.2) is 0 Å². The zero-order chi connectivity index (χ0) is 14.5. The van der Waals surface area contributed by atoms with Crippen LogP contribution >= 0.6 is 11.6 Å². The molecule has 1 N–H and O–H groups in total. The average Bonchev–Trinajstić information content (AvgIpc) is 2.42. The van der Waals surface area contributed by atoms with Gasteiger partial charge in [0.15, 0.2) is 0 Å². The number of nitrogens with zero attached hydrogens (tertiary/aromatic N) is 2. The second-order valence-corrected chi connectivity index (χ2v) is 5.74. The molecule has 0 aromatic heterocycles. The highest BCUT2D eigenvalue weighted by Crippen LogP contribution is 2.25. The quantitative estimate of drug-likeness (QED) is 0.670. The lowest BCUT2D eigenvalue weighted by atomic mass is 9.97. The highest BCUT2D eigenvalue weighted by Gasteiger charge is 2.20. The molecule has 5 nitrogen and oxygen atoms in total. The molecule has 1 fully saturated rings. The SMILES string of the molecule is CNCC1CCCN(Cc2ccc([N+](=O)[O-])cc2Cl)C1. The molecule has 0 amide bonds. The molecule has 20 heavy (non-hydrogen) atoms. The predicted octanol–water partition coefficient (Wildman–Crippen LogP) is 2.68. The van der Waals surface area contributed by atoms with Crippen LogP contribution in [0.2, 0.25) is 5.02 Å². The zero-order valence-corrected chi connectivity index (χ0v) is 12.4. The number of piperidine rings is 1. The molecule has 1 aliphatic rings. The van der Waals surface area contributed by atoms with E-state index in [1.807, 2.05) is 7.05 Å². The fraction of sp³-hybridized carbons (Fsp3) is 0.571. The number of halogens is 1. The number of hydrogen-bond acceptors (Lipinski definition) is 4. The van der Waals surface area contributed by atoms with Gasteiger partial charge >= 0.3 is 0 Å². The van der Waals surface area contributed by atoms with Gasteiger partial charge in [-0.2, -0.15) is 0 Å². The van der Waals surface area contributed by atoms with Gasteiger partial charge in [0.2, 0.25) is 0 Å². The maximum absolute atomic E-state index is 10.7. The summed E-state index contributed by atoms with van der Waals surface area (Å²) in [4.78, 5) is 12.7. The van der Waals surface area contributed by atoms with Crippen molar-refractivity contribution in [1.82, 2.24) is 10.2 Å². The van der Waals surface area contributed by atoms with E-state index in [0.29, 0.717) is 10.9 Å². The van der Waals surface area contributed by atoms with Crippen molar-refractivity contribution in [3.63, 3.8) is 0 Å². The van der Waals surface area contributed by atoms with Crippen LogP contribution < -0.4 is 5.32 Å². The number of nitro benzene ring substituents is 1. The first kappa shape index (κ1) is 15.2. The van der Waals surface area contributed by atoms with Crippen LogP contribution in [0.25, 0.3) is 0 Å². The van der Waals surface area contributed by atoms with E-state index < -0.39 is 4.92 Å². The van der Waals surface area contributed by atoms with Crippen molar-refractivity contribution in [2.75, 3.05) is 26.7 Å². The molecule has 2 rings (SSSR count). The summed E-state index contributed by atoms with van der Waals surface area (Å²) in [5.74, 6) is 0.672. The molecule has 1 aromatic rings. The van der Waals surface area contributed by atoms with Gasteiger partial charge in [-0.1, -0.05) is 11.6 Å². The molecule has 6 heteroatoms. The third-order valence-corrected chi connectivity index (χ3v) is 4.09. The van der Waals surface area contributed by atoms with Crippen LogP contribution in [0.15, 0.2) is 18.2 Å². The molecule has 110 valence electrons. The largest absolute Gasteiger partial charge is 0.319 e. The van der Waals surface area contributed by atoms with Gasteiger partial charge in [-0.05, 0) is 50.5 Å². The van der Waals surface area contributed by atoms with E-state index in [2.05, 4.69) is 10.2 Å². The molecular formula is C14H20ClN3O2. The van der Waals surface area contributed by atoms with Crippen LogP contribution in [0.1, 0.15) is 18.4 Å². The number of nitrogens with one attached hydrogen (secondary N) is 1. The Morgan fingerprint density at radius 1 is 1.55 bits per heavy atom. The Hall–Kier alpha value is -1.17. The summed E-state index contributed by atoms with van der Waals surface area (Å²) in [6.45, 7) is 3.91. The molecule has 1 aliphatic heterocycles. The smallest absolute Gasteiger partial charge is 0.270 e. The second-order valence-electron chi connectivity index (χ2n) is 5.33. The Morgan fingerprint density at radius 2 is 2.35 bits per heavy atom. The van der Waals surface area contributed by atoms with Crippen LogP contribution in [0.3, 0.4) is 0 Å². The Kier molecular flexibility index (Phi) is 5.34. The van der Waals surface area contributed by atoms with E-state index >= 15 is 0 Å². The van der Waals surface area contributed by atoms with E-state index in [0.717, 1.165) is 31.7 Å². The third-order valence-electron chi connectivity index (χ3n) is 3.74. The summed E-state index contributed by atoms with van der Waals surface area (Å²) in [5.41, 5.74) is 1.01. The van der Waals surface area contributed by atoms with Crippen molar-refractivity contribution in [3.8, 4) is 0 Å². The Morgan fingerprint density at radius 3 is 3.00 bits per heavy atom. The maximum Gasteiger partial charge on any atom is 0.270 e. The molecule has 1 aromatic carbocycles. The molecule has 1 atom stereocenters. The third kappa shape index (κ3) is 3.91. The van der Waals surface area contributed by atoms with Crippen molar-refractivity contribution in [2.24, 2.45) is 5.92 Å². The number of nitro groups is 1. The summed E-state index contributed by atoms with van der Waals surface area (Å²) in [6.07, 6.45) is 2.45. The first-order valence-corrected chi connectivity index (χ1v) is 7.27. The molecular weight excluding hydrogens is 278 g/mol. The van der Waals surface area contributed by atoms with Gasteiger partial charge in [0.25, 0.3) is 5.69 Å². The number of hydrogen-bond donors (Lipinski definition) is 1. The minimum Gasteiger partial charge on any atom is -0.319 e. The summed E-state index contributed by atoms with van der Waals surface area (Å²) >= 11 is 6.15.